The van der Waals surface area contributed by atoms with Crippen molar-refractivity contribution in [2.45, 2.75) is 25.5 Å². The van der Waals surface area contributed by atoms with E-state index in [4.69, 9.17) is 4.98 Å². The molecule has 0 atom stereocenters. The second kappa shape index (κ2) is 9.18. The number of rotatable bonds is 6. The number of hydrogen-bond donors (Lipinski definition) is 1. The van der Waals surface area contributed by atoms with Gasteiger partial charge in [0.1, 0.15) is 0 Å². The summed E-state index contributed by atoms with van der Waals surface area (Å²) in [5, 5.41) is 3.99. The van der Waals surface area contributed by atoms with E-state index in [2.05, 4.69) is 5.32 Å². The van der Waals surface area contributed by atoms with Crippen molar-refractivity contribution < 1.29 is 4.79 Å². The molecule has 0 aliphatic carbocycles. The molecule has 31 heavy (non-hydrogen) atoms. The molecule has 0 aliphatic heterocycles. The third-order valence-electron chi connectivity index (χ3n) is 5.23. The molecule has 156 valence electrons. The SMILES string of the molecule is Cc1cccc(-n2c(SCC(=O)NCc3ccccc3)nc3ccccc3c2=O)c1C. The molecular formula is C25H23N3O2S. The van der Waals surface area contributed by atoms with Gasteiger partial charge in [-0.2, -0.15) is 0 Å². The number of nitrogens with zero attached hydrogens (tertiary/aromatic N) is 2. The van der Waals surface area contributed by atoms with Crippen molar-refractivity contribution in [2.24, 2.45) is 0 Å². The fourth-order valence-corrected chi connectivity index (χ4v) is 4.21. The van der Waals surface area contributed by atoms with Crippen molar-refractivity contribution in [1.29, 1.82) is 0 Å². The summed E-state index contributed by atoms with van der Waals surface area (Å²) in [5.74, 6) is 0.0615. The lowest BCUT2D eigenvalue weighted by atomic mass is 10.1. The Balaban J connectivity index is 1.65. The predicted octanol–water partition coefficient (Wildman–Crippen LogP) is 4.41. The summed E-state index contributed by atoms with van der Waals surface area (Å²) in [7, 11) is 0. The highest BCUT2D eigenvalue weighted by atomic mass is 32.2. The van der Waals surface area contributed by atoms with Crippen LogP contribution in [0.2, 0.25) is 0 Å². The number of aromatic nitrogens is 2. The number of carbonyl (C=O) groups excluding carboxylic acids is 1. The van der Waals surface area contributed by atoms with Crippen LogP contribution in [0.3, 0.4) is 0 Å². The Bertz CT molecular complexity index is 1300. The molecule has 0 spiro atoms. The molecule has 0 unspecified atom stereocenters. The molecule has 1 heterocycles. The highest BCUT2D eigenvalue weighted by molar-refractivity contribution is 7.99. The molecule has 0 aliphatic rings. The Kier molecular flexibility index (Phi) is 6.18. The maximum absolute atomic E-state index is 13.4. The van der Waals surface area contributed by atoms with Crippen molar-refractivity contribution >= 4 is 28.6 Å². The van der Waals surface area contributed by atoms with E-state index < -0.39 is 0 Å². The number of hydrogen-bond acceptors (Lipinski definition) is 4. The highest BCUT2D eigenvalue weighted by Gasteiger charge is 2.16. The van der Waals surface area contributed by atoms with Gasteiger partial charge in [0, 0.05) is 6.54 Å². The van der Waals surface area contributed by atoms with Gasteiger partial charge in [-0.3, -0.25) is 14.2 Å². The van der Waals surface area contributed by atoms with Gasteiger partial charge >= 0.3 is 0 Å². The Morgan fingerprint density at radius 3 is 2.52 bits per heavy atom. The molecule has 1 amide bonds. The molecule has 1 N–H and O–H groups in total. The number of thioether (sulfide) groups is 1. The fraction of sp³-hybridized carbons (Fsp3) is 0.160. The van der Waals surface area contributed by atoms with Crippen molar-refractivity contribution in [3.8, 4) is 5.69 Å². The Morgan fingerprint density at radius 2 is 1.71 bits per heavy atom. The van der Waals surface area contributed by atoms with Gasteiger partial charge in [0.25, 0.3) is 5.56 Å². The summed E-state index contributed by atoms with van der Waals surface area (Å²) in [6.07, 6.45) is 0. The van der Waals surface area contributed by atoms with Crippen LogP contribution in [0.25, 0.3) is 16.6 Å². The fourth-order valence-electron chi connectivity index (χ4n) is 3.38. The van der Waals surface area contributed by atoms with Crippen molar-refractivity contribution in [3.05, 3.63) is 99.8 Å². The first-order valence-electron chi connectivity index (χ1n) is 10.1. The average molecular weight is 430 g/mol. The number of fused-ring (bicyclic) bond motifs is 1. The lowest BCUT2D eigenvalue weighted by Crippen LogP contribution is -2.26. The predicted molar refractivity (Wildman–Crippen MR) is 126 cm³/mol. The van der Waals surface area contributed by atoms with E-state index in [0.717, 1.165) is 22.4 Å². The van der Waals surface area contributed by atoms with E-state index in [0.29, 0.717) is 22.6 Å². The first-order valence-corrected chi connectivity index (χ1v) is 11.0. The molecule has 0 bridgehead atoms. The highest BCUT2D eigenvalue weighted by Crippen LogP contribution is 2.24. The quantitative estimate of drug-likeness (QED) is 0.364. The standard InChI is InChI=1S/C25H23N3O2S/c1-17-9-8-14-22(18(17)2)28-24(30)20-12-6-7-13-21(20)27-25(28)31-16-23(29)26-15-19-10-4-3-5-11-19/h3-14H,15-16H2,1-2H3,(H,26,29). The number of carbonyl (C=O) groups is 1. The van der Waals surface area contributed by atoms with Crippen LogP contribution in [-0.2, 0) is 11.3 Å². The van der Waals surface area contributed by atoms with Crippen LogP contribution >= 0.6 is 11.8 Å². The molecule has 0 saturated carbocycles. The Morgan fingerprint density at radius 1 is 0.968 bits per heavy atom. The van der Waals surface area contributed by atoms with Gasteiger partial charge in [-0.25, -0.2) is 4.98 Å². The monoisotopic (exact) mass is 429 g/mol. The van der Waals surface area contributed by atoms with Crippen molar-refractivity contribution in [1.82, 2.24) is 14.9 Å². The lowest BCUT2D eigenvalue weighted by Gasteiger charge is -2.16. The van der Waals surface area contributed by atoms with Crippen LogP contribution in [0.1, 0.15) is 16.7 Å². The van der Waals surface area contributed by atoms with Gasteiger partial charge in [0.2, 0.25) is 5.91 Å². The Labute approximate surface area is 185 Å². The average Bonchev–Trinajstić information content (AvgIpc) is 2.79. The second-order valence-corrected chi connectivity index (χ2v) is 8.26. The molecule has 1 aromatic heterocycles. The molecule has 0 saturated heterocycles. The normalized spacial score (nSPS) is 10.9. The topological polar surface area (TPSA) is 64.0 Å². The van der Waals surface area contributed by atoms with Crippen LogP contribution in [0, 0.1) is 13.8 Å². The van der Waals surface area contributed by atoms with Crippen LogP contribution < -0.4 is 10.9 Å². The molecule has 0 fully saturated rings. The van der Waals surface area contributed by atoms with Crippen molar-refractivity contribution in [3.63, 3.8) is 0 Å². The van der Waals surface area contributed by atoms with Gasteiger partial charge in [-0.15, -0.1) is 0 Å². The maximum atomic E-state index is 13.4. The molecule has 5 nitrogen and oxygen atoms in total. The van der Waals surface area contributed by atoms with Crippen LogP contribution in [0.5, 0.6) is 0 Å². The minimum atomic E-state index is -0.133. The number of para-hydroxylation sites is 1. The van der Waals surface area contributed by atoms with Gasteiger partial charge in [-0.1, -0.05) is 66.4 Å². The third-order valence-corrected chi connectivity index (χ3v) is 6.17. The third kappa shape index (κ3) is 4.54. The molecule has 0 radical (unpaired) electrons. The molecule has 6 heteroatoms. The minimum absolute atomic E-state index is 0.108. The molecular weight excluding hydrogens is 406 g/mol. The molecule has 4 aromatic rings. The zero-order valence-electron chi connectivity index (χ0n) is 17.5. The lowest BCUT2D eigenvalue weighted by molar-refractivity contribution is -0.118. The smallest absolute Gasteiger partial charge is 0.266 e. The minimum Gasteiger partial charge on any atom is -0.351 e. The van der Waals surface area contributed by atoms with E-state index in [-0.39, 0.29) is 17.2 Å². The van der Waals surface area contributed by atoms with E-state index in [9.17, 15) is 9.59 Å². The number of benzene rings is 3. The first-order chi connectivity index (χ1) is 15.0. The molecule has 4 rings (SSSR count). The summed E-state index contributed by atoms with van der Waals surface area (Å²) in [6.45, 7) is 4.48. The first kappa shape index (κ1) is 20.9. The summed E-state index contributed by atoms with van der Waals surface area (Å²) in [4.78, 5) is 30.6. The van der Waals surface area contributed by atoms with Gasteiger partial charge in [-0.05, 0) is 48.7 Å². The second-order valence-electron chi connectivity index (χ2n) is 7.32. The molecule has 3 aromatic carbocycles. The van der Waals surface area contributed by atoms with Crippen molar-refractivity contribution in [2.75, 3.05) is 5.75 Å². The largest absolute Gasteiger partial charge is 0.351 e. The summed E-state index contributed by atoms with van der Waals surface area (Å²) >= 11 is 1.27. The summed E-state index contributed by atoms with van der Waals surface area (Å²) < 4.78 is 1.62. The summed E-state index contributed by atoms with van der Waals surface area (Å²) in [5.41, 5.74) is 4.42. The van der Waals surface area contributed by atoms with Crippen LogP contribution in [-0.4, -0.2) is 21.2 Å². The van der Waals surface area contributed by atoms with Gasteiger partial charge in [0.05, 0.1) is 22.3 Å². The van der Waals surface area contributed by atoms with Crippen LogP contribution in [0.15, 0.2) is 82.7 Å². The number of nitrogens with one attached hydrogen (secondary N) is 1. The van der Waals surface area contributed by atoms with E-state index in [1.165, 1.54) is 11.8 Å². The zero-order valence-corrected chi connectivity index (χ0v) is 18.3. The van der Waals surface area contributed by atoms with Gasteiger partial charge < -0.3 is 5.32 Å². The zero-order chi connectivity index (χ0) is 21.8. The van der Waals surface area contributed by atoms with Crippen LogP contribution in [0.4, 0.5) is 0 Å². The number of amides is 1. The van der Waals surface area contributed by atoms with E-state index in [1.54, 1.807) is 10.6 Å². The van der Waals surface area contributed by atoms with E-state index >= 15 is 0 Å². The summed E-state index contributed by atoms with van der Waals surface area (Å²) in [6, 6.07) is 22.9. The van der Waals surface area contributed by atoms with Gasteiger partial charge in [0.15, 0.2) is 5.16 Å². The maximum Gasteiger partial charge on any atom is 0.266 e. The Hall–Kier alpha value is -3.38. The van der Waals surface area contributed by atoms with E-state index in [1.807, 2.05) is 80.6 Å². The number of aryl methyl sites for hydroxylation is 1.